The van der Waals surface area contributed by atoms with Crippen molar-refractivity contribution in [3.63, 3.8) is 0 Å². The SMILES string of the molecule is O=C(NCc1ccon1)c1cc(CN2CCc3ccccc3C2)on1. The van der Waals surface area contributed by atoms with Gasteiger partial charge in [0.1, 0.15) is 12.0 Å². The van der Waals surface area contributed by atoms with Crippen LogP contribution in [0.4, 0.5) is 0 Å². The van der Waals surface area contributed by atoms with Crippen LogP contribution in [0.15, 0.2) is 51.7 Å². The molecule has 0 saturated carbocycles. The van der Waals surface area contributed by atoms with Crippen LogP contribution in [0.2, 0.25) is 0 Å². The summed E-state index contributed by atoms with van der Waals surface area (Å²) in [5.74, 6) is 0.396. The van der Waals surface area contributed by atoms with Gasteiger partial charge in [-0.2, -0.15) is 0 Å². The normalized spacial score (nSPS) is 14.2. The van der Waals surface area contributed by atoms with Crippen molar-refractivity contribution in [2.45, 2.75) is 26.1 Å². The summed E-state index contributed by atoms with van der Waals surface area (Å²) in [6.45, 7) is 2.77. The van der Waals surface area contributed by atoms with Gasteiger partial charge in [0.2, 0.25) is 0 Å². The summed E-state index contributed by atoms with van der Waals surface area (Å²) < 4.78 is 10.1. The van der Waals surface area contributed by atoms with Crippen LogP contribution in [0.1, 0.15) is 33.1 Å². The predicted molar refractivity (Wildman–Crippen MR) is 88.4 cm³/mol. The van der Waals surface area contributed by atoms with E-state index in [0.29, 0.717) is 24.5 Å². The van der Waals surface area contributed by atoms with E-state index in [0.717, 1.165) is 19.5 Å². The quantitative estimate of drug-likeness (QED) is 0.767. The highest BCUT2D eigenvalue weighted by Gasteiger charge is 2.19. The fourth-order valence-corrected chi connectivity index (χ4v) is 2.99. The van der Waals surface area contributed by atoms with Crippen molar-refractivity contribution in [1.82, 2.24) is 20.5 Å². The number of benzene rings is 1. The molecule has 0 atom stereocenters. The van der Waals surface area contributed by atoms with Gasteiger partial charge >= 0.3 is 0 Å². The molecule has 0 unspecified atom stereocenters. The molecular formula is C18H18N4O3. The molecule has 1 amide bonds. The zero-order chi connectivity index (χ0) is 17.1. The van der Waals surface area contributed by atoms with Gasteiger partial charge in [0.05, 0.1) is 13.1 Å². The smallest absolute Gasteiger partial charge is 0.273 e. The number of rotatable bonds is 5. The monoisotopic (exact) mass is 338 g/mol. The van der Waals surface area contributed by atoms with E-state index in [4.69, 9.17) is 9.05 Å². The van der Waals surface area contributed by atoms with Gasteiger partial charge < -0.3 is 14.4 Å². The summed E-state index contributed by atoms with van der Waals surface area (Å²) in [7, 11) is 0. The van der Waals surface area contributed by atoms with E-state index in [2.05, 4.69) is 44.8 Å². The lowest BCUT2D eigenvalue weighted by Gasteiger charge is -2.27. The first-order valence-electron chi connectivity index (χ1n) is 8.20. The minimum absolute atomic E-state index is 0.274. The second kappa shape index (κ2) is 6.90. The maximum absolute atomic E-state index is 12.1. The minimum atomic E-state index is -0.290. The van der Waals surface area contributed by atoms with Crippen LogP contribution in [0, 0.1) is 0 Å². The lowest BCUT2D eigenvalue weighted by Crippen LogP contribution is -2.29. The molecule has 0 aliphatic carbocycles. The van der Waals surface area contributed by atoms with Gasteiger partial charge in [0.25, 0.3) is 5.91 Å². The highest BCUT2D eigenvalue weighted by molar-refractivity contribution is 5.92. The molecule has 1 aromatic carbocycles. The summed E-state index contributed by atoms with van der Waals surface area (Å²) in [5, 5.41) is 10.3. The first-order valence-corrected chi connectivity index (χ1v) is 8.20. The Morgan fingerprint density at radius 1 is 1.20 bits per heavy atom. The Labute approximate surface area is 144 Å². The third-order valence-electron chi connectivity index (χ3n) is 4.30. The largest absolute Gasteiger partial charge is 0.364 e. The Morgan fingerprint density at radius 2 is 2.08 bits per heavy atom. The van der Waals surface area contributed by atoms with E-state index >= 15 is 0 Å². The molecule has 7 heteroatoms. The van der Waals surface area contributed by atoms with Crippen molar-refractivity contribution in [3.8, 4) is 0 Å². The fraction of sp³-hybridized carbons (Fsp3) is 0.278. The number of fused-ring (bicyclic) bond motifs is 1. The number of amides is 1. The molecule has 1 N–H and O–H groups in total. The van der Waals surface area contributed by atoms with Gasteiger partial charge in [-0.1, -0.05) is 34.6 Å². The molecule has 3 heterocycles. The van der Waals surface area contributed by atoms with Crippen LogP contribution in [0.25, 0.3) is 0 Å². The molecule has 1 aliphatic heterocycles. The lowest BCUT2D eigenvalue weighted by molar-refractivity contribution is 0.0940. The summed E-state index contributed by atoms with van der Waals surface area (Å²) >= 11 is 0. The molecule has 0 radical (unpaired) electrons. The summed E-state index contributed by atoms with van der Waals surface area (Å²) in [4.78, 5) is 14.4. The number of hydrogen-bond acceptors (Lipinski definition) is 6. The number of nitrogens with one attached hydrogen (secondary N) is 1. The Bertz CT molecular complexity index is 857. The van der Waals surface area contributed by atoms with Crippen molar-refractivity contribution in [2.24, 2.45) is 0 Å². The highest BCUT2D eigenvalue weighted by atomic mass is 16.5. The Morgan fingerprint density at radius 3 is 2.92 bits per heavy atom. The van der Waals surface area contributed by atoms with Crippen LogP contribution >= 0.6 is 0 Å². The summed E-state index contributed by atoms with van der Waals surface area (Å²) in [6, 6.07) is 11.9. The maximum atomic E-state index is 12.1. The molecular weight excluding hydrogens is 320 g/mol. The van der Waals surface area contributed by atoms with E-state index in [9.17, 15) is 4.79 Å². The van der Waals surface area contributed by atoms with Crippen molar-refractivity contribution < 1.29 is 13.8 Å². The number of hydrogen-bond donors (Lipinski definition) is 1. The second-order valence-corrected chi connectivity index (χ2v) is 6.08. The van der Waals surface area contributed by atoms with Gasteiger partial charge in [-0.05, 0) is 17.5 Å². The molecule has 2 aromatic heterocycles. The van der Waals surface area contributed by atoms with Crippen molar-refractivity contribution >= 4 is 5.91 Å². The summed E-state index contributed by atoms with van der Waals surface area (Å²) in [6.07, 6.45) is 2.49. The molecule has 0 saturated heterocycles. The predicted octanol–water partition coefficient (Wildman–Crippen LogP) is 2.15. The number of nitrogens with zero attached hydrogens (tertiary/aromatic N) is 3. The van der Waals surface area contributed by atoms with Crippen LogP contribution in [0.3, 0.4) is 0 Å². The molecule has 3 aromatic rings. The van der Waals surface area contributed by atoms with E-state index in [1.807, 2.05) is 0 Å². The number of carbonyl (C=O) groups is 1. The highest BCUT2D eigenvalue weighted by Crippen LogP contribution is 2.20. The van der Waals surface area contributed by atoms with Gasteiger partial charge in [-0.3, -0.25) is 9.69 Å². The van der Waals surface area contributed by atoms with Gasteiger partial charge in [0, 0.05) is 25.2 Å². The zero-order valence-electron chi connectivity index (χ0n) is 13.6. The molecule has 4 rings (SSSR count). The fourth-order valence-electron chi connectivity index (χ4n) is 2.99. The standard InChI is InChI=1S/C18H18N4O3/c23-18(19-10-15-6-8-24-20-15)17-9-16(25-21-17)12-22-7-5-13-3-1-2-4-14(13)11-22/h1-4,6,8-9H,5,7,10-12H2,(H,19,23). The second-order valence-electron chi connectivity index (χ2n) is 6.08. The average molecular weight is 338 g/mol. The van der Waals surface area contributed by atoms with Gasteiger partial charge in [-0.15, -0.1) is 0 Å². The molecule has 0 fully saturated rings. The first kappa shape index (κ1) is 15.6. The van der Waals surface area contributed by atoms with E-state index in [-0.39, 0.29) is 11.6 Å². The summed E-state index contributed by atoms with van der Waals surface area (Å²) in [5.41, 5.74) is 3.68. The van der Waals surface area contributed by atoms with Gasteiger partial charge in [-0.25, -0.2) is 0 Å². The van der Waals surface area contributed by atoms with E-state index in [1.165, 1.54) is 17.4 Å². The topological polar surface area (TPSA) is 84.4 Å². The van der Waals surface area contributed by atoms with Crippen LogP contribution in [-0.4, -0.2) is 27.7 Å². The number of carbonyl (C=O) groups excluding carboxylic acids is 1. The molecule has 1 aliphatic rings. The Hall–Kier alpha value is -2.93. The molecule has 7 nitrogen and oxygen atoms in total. The maximum Gasteiger partial charge on any atom is 0.273 e. The van der Waals surface area contributed by atoms with Crippen molar-refractivity contribution in [1.29, 1.82) is 0 Å². The lowest BCUT2D eigenvalue weighted by atomic mass is 10.00. The molecule has 25 heavy (non-hydrogen) atoms. The Kier molecular flexibility index (Phi) is 4.30. The first-order chi connectivity index (χ1) is 12.3. The third kappa shape index (κ3) is 3.61. The van der Waals surface area contributed by atoms with E-state index < -0.39 is 0 Å². The van der Waals surface area contributed by atoms with E-state index in [1.54, 1.807) is 12.1 Å². The van der Waals surface area contributed by atoms with Crippen LogP contribution < -0.4 is 5.32 Å². The van der Waals surface area contributed by atoms with Crippen molar-refractivity contribution in [3.05, 3.63) is 70.9 Å². The number of aromatic nitrogens is 2. The molecule has 0 bridgehead atoms. The average Bonchev–Trinajstić information content (AvgIpc) is 3.31. The minimum Gasteiger partial charge on any atom is -0.364 e. The molecule has 0 spiro atoms. The van der Waals surface area contributed by atoms with Gasteiger partial charge in [0.15, 0.2) is 11.5 Å². The zero-order valence-corrected chi connectivity index (χ0v) is 13.6. The van der Waals surface area contributed by atoms with Crippen LogP contribution in [-0.2, 0) is 26.1 Å². The van der Waals surface area contributed by atoms with Crippen LogP contribution in [0.5, 0.6) is 0 Å². The van der Waals surface area contributed by atoms with Crippen molar-refractivity contribution in [2.75, 3.05) is 6.54 Å². The molecule has 128 valence electrons. The third-order valence-corrected chi connectivity index (χ3v) is 4.30. The Balaban J connectivity index is 1.34.